The van der Waals surface area contributed by atoms with Crippen molar-refractivity contribution in [3.8, 4) is 0 Å². The van der Waals surface area contributed by atoms with Gasteiger partial charge in [0.25, 0.3) is 5.95 Å². The van der Waals surface area contributed by atoms with Crippen LogP contribution in [0, 0.1) is 13.8 Å². The number of nitrogens with zero attached hydrogens (tertiary/aromatic N) is 4. The highest BCUT2D eigenvalue weighted by Gasteiger charge is 2.20. The van der Waals surface area contributed by atoms with Crippen LogP contribution in [0.15, 0.2) is 48.7 Å². The first-order valence-corrected chi connectivity index (χ1v) is 8.61. The second-order valence-electron chi connectivity index (χ2n) is 6.42. The van der Waals surface area contributed by atoms with Crippen LogP contribution in [0.25, 0.3) is 0 Å². The first kappa shape index (κ1) is 15.6. The van der Waals surface area contributed by atoms with Gasteiger partial charge in [-0.2, -0.15) is 10.1 Å². The van der Waals surface area contributed by atoms with Gasteiger partial charge in [-0.05, 0) is 49.4 Å². The van der Waals surface area contributed by atoms with Gasteiger partial charge in [-0.25, -0.2) is 0 Å². The van der Waals surface area contributed by atoms with E-state index in [1.807, 2.05) is 0 Å². The van der Waals surface area contributed by atoms with Gasteiger partial charge in [-0.3, -0.25) is 0 Å². The fraction of sp³-hybridized carbons (Fsp3) is 0.250. The molecule has 3 aromatic rings. The molecule has 1 aliphatic rings. The third-order valence-corrected chi connectivity index (χ3v) is 4.63. The number of hydrogen-bond acceptors (Lipinski definition) is 5. The van der Waals surface area contributed by atoms with E-state index in [0.717, 1.165) is 25.1 Å². The average Bonchev–Trinajstić information content (AvgIpc) is 2.65. The van der Waals surface area contributed by atoms with Gasteiger partial charge < -0.3 is 10.2 Å². The van der Waals surface area contributed by atoms with Crippen LogP contribution in [0.3, 0.4) is 0 Å². The molecule has 2 heterocycles. The highest BCUT2D eigenvalue weighted by Crippen LogP contribution is 2.31. The van der Waals surface area contributed by atoms with Crippen molar-refractivity contribution in [3.63, 3.8) is 0 Å². The lowest BCUT2D eigenvalue weighted by molar-refractivity contribution is 0.742. The monoisotopic (exact) mass is 331 g/mol. The number of aryl methyl sites for hydroxylation is 3. The van der Waals surface area contributed by atoms with Gasteiger partial charge in [0.2, 0.25) is 0 Å². The molecule has 5 heteroatoms. The van der Waals surface area contributed by atoms with Crippen molar-refractivity contribution in [1.82, 2.24) is 15.2 Å². The van der Waals surface area contributed by atoms with Crippen LogP contribution in [0.4, 0.5) is 23.1 Å². The second kappa shape index (κ2) is 6.51. The number of benzene rings is 2. The van der Waals surface area contributed by atoms with E-state index in [9.17, 15) is 0 Å². The fourth-order valence-corrected chi connectivity index (χ4v) is 3.35. The predicted molar refractivity (Wildman–Crippen MR) is 101 cm³/mol. The summed E-state index contributed by atoms with van der Waals surface area (Å²) in [5.41, 5.74) is 5.96. The number of para-hydroxylation sites is 2. The molecule has 0 unspecified atom stereocenters. The molecule has 0 fully saturated rings. The Labute approximate surface area is 147 Å². The molecule has 126 valence electrons. The molecule has 4 rings (SSSR count). The molecule has 25 heavy (non-hydrogen) atoms. The molecule has 1 aromatic heterocycles. The predicted octanol–water partition coefficient (Wildman–Crippen LogP) is 4.32. The molecule has 1 N–H and O–H groups in total. The van der Waals surface area contributed by atoms with Gasteiger partial charge in [0.15, 0.2) is 5.82 Å². The molecule has 1 aliphatic heterocycles. The first-order chi connectivity index (χ1) is 12.2. The van der Waals surface area contributed by atoms with Crippen molar-refractivity contribution in [1.29, 1.82) is 0 Å². The lowest BCUT2D eigenvalue weighted by Gasteiger charge is -2.29. The maximum Gasteiger partial charge on any atom is 0.251 e. The number of rotatable bonds is 3. The zero-order chi connectivity index (χ0) is 17.2. The summed E-state index contributed by atoms with van der Waals surface area (Å²) < 4.78 is 0. The van der Waals surface area contributed by atoms with E-state index in [1.165, 1.54) is 22.4 Å². The number of aromatic nitrogens is 3. The van der Waals surface area contributed by atoms with E-state index >= 15 is 0 Å². The molecule has 0 saturated carbocycles. The maximum atomic E-state index is 4.71. The van der Waals surface area contributed by atoms with Gasteiger partial charge in [0.05, 0.1) is 6.20 Å². The minimum Gasteiger partial charge on any atom is -0.338 e. The molecule has 0 radical (unpaired) electrons. The zero-order valence-electron chi connectivity index (χ0n) is 14.5. The molecule has 0 bridgehead atoms. The Bertz CT molecular complexity index is 886. The quantitative estimate of drug-likeness (QED) is 0.775. The number of anilines is 4. The lowest BCUT2D eigenvalue weighted by atomic mass is 10.0. The highest BCUT2D eigenvalue weighted by atomic mass is 15.3. The van der Waals surface area contributed by atoms with Crippen molar-refractivity contribution < 1.29 is 0 Å². The van der Waals surface area contributed by atoms with E-state index in [2.05, 4.69) is 76.7 Å². The van der Waals surface area contributed by atoms with Crippen molar-refractivity contribution in [2.75, 3.05) is 16.8 Å². The summed E-state index contributed by atoms with van der Waals surface area (Å²) in [6.07, 6.45) is 3.86. The van der Waals surface area contributed by atoms with Crippen LogP contribution in [0.2, 0.25) is 0 Å². The molecular formula is C20H21N5. The molecule has 2 aromatic carbocycles. The van der Waals surface area contributed by atoms with Crippen molar-refractivity contribution in [3.05, 3.63) is 65.4 Å². The standard InChI is InChI=1S/C20H21N5/c1-14-7-5-8-15(2)19(14)22-18-13-21-24-20(23-18)25-12-6-10-16-9-3-4-11-17(16)25/h3-5,7-9,11,13H,6,10,12H2,1-2H3,(H,22,23,24). The highest BCUT2D eigenvalue weighted by molar-refractivity contribution is 5.67. The van der Waals surface area contributed by atoms with Crippen LogP contribution in [-0.2, 0) is 6.42 Å². The fourth-order valence-electron chi connectivity index (χ4n) is 3.35. The molecule has 0 spiro atoms. The van der Waals surface area contributed by atoms with Crippen LogP contribution in [-0.4, -0.2) is 21.7 Å². The van der Waals surface area contributed by atoms with E-state index < -0.39 is 0 Å². The van der Waals surface area contributed by atoms with Crippen LogP contribution < -0.4 is 10.2 Å². The Morgan fingerprint density at radius 1 is 1.00 bits per heavy atom. The number of hydrogen-bond donors (Lipinski definition) is 1. The van der Waals surface area contributed by atoms with Crippen LogP contribution in [0.1, 0.15) is 23.1 Å². The molecule has 0 aliphatic carbocycles. The Kier molecular flexibility index (Phi) is 4.06. The Balaban J connectivity index is 1.67. The van der Waals surface area contributed by atoms with Crippen LogP contribution >= 0.6 is 0 Å². The summed E-state index contributed by atoms with van der Waals surface area (Å²) in [6, 6.07) is 14.7. The summed E-state index contributed by atoms with van der Waals surface area (Å²) in [7, 11) is 0. The first-order valence-electron chi connectivity index (χ1n) is 8.61. The largest absolute Gasteiger partial charge is 0.338 e. The van der Waals surface area contributed by atoms with Gasteiger partial charge in [-0.15, -0.1) is 5.10 Å². The third kappa shape index (κ3) is 3.05. The van der Waals surface area contributed by atoms with Crippen molar-refractivity contribution in [2.45, 2.75) is 26.7 Å². The van der Waals surface area contributed by atoms with E-state index in [4.69, 9.17) is 4.98 Å². The molecule has 0 atom stereocenters. The summed E-state index contributed by atoms with van der Waals surface area (Å²) in [5, 5.41) is 11.8. The zero-order valence-corrected chi connectivity index (χ0v) is 14.5. The summed E-state index contributed by atoms with van der Waals surface area (Å²) in [6.45, 7) is 5.09. The molecule has 0 amide bonds. The summed E-state index contributed by atoms with van der Waals surface area (Å²) in [5.74, 6) is 1.36. The third-order valence-electron chi connectivity index (χ3n) is 4.63. The SMILES string of the molecule is Cc1cccc(C)c1Nc1cnnc(N2CCCc3ccccc32)n1. The van der Waals surface area contributed by atoms with Gasteiger partial charge in [-0.1, -0.05) is 36.4 Å². The smallest absolute Gasteiger partial charge is 0.251 e. The minimum atomic E-state index is 0.642. The summed E-state index contributed by atoms with van der Waals surface area (Å²) in [4.78, 5) is 6.87. The molecule has 5 nitrogen and oxygen atoms in total. The topological polar surface area (TPSA) is 53.9 Å². The Morgan fingerprint density at radius 2 is 1.80 bits per heavy atom. The Hall–Kier alpha value is -2.95. The molecular weight excluding hydrogens is 310 g/mol. The minimum absolute atomic E-state index is 0.642. The number of fused-ring (bicyclic) bond motifs is 1. The average molecular weight is 331 g/mol. The van der Waals surface area contributed by atoms with Crippen molar-refractivity contribution >= 4 is 23.1 Å². The van der Waals surface area contributed by atoms with E-state index in [0.29, 0.717) is 11.8 Å². The second-order valence-corrected chi connectivity index (χ2v) is 6.42. The normalized spacial score (nSPS) is 13.4. The lowest BCUT2D eigenvalue weighted by Crippen LogP contribution is -2.26. The van der Waals surface area contributed by atoms with Crippen molar-refractivity contribution in [2.24, 2.45) is 0 Å². The Morgan fingerprint density at radius 3 is 2.64 bits per heavy atom. The van der Waals surface area contributed by atoms with Gasteiger partial charge >= 0.3 is 0 Å². The molecule has 0 saturated heterocycles. The number of nitrogens with one attached hydrogen (secondary N) is 1. The van der Waals surface area contributed by atoms with Gasteiger partial charge in [0.1, 0.15) is 0 Å². The van der Waals surface area contributed by atoms with E-state index in [-0.39, 0.29) is 0 Å². The maximum absolute atomic E-state index is 4.71. The van der Waals surface area contributed by atoms with E-state index in [1.54, 1.807) is 6.20 Å². The van der Waals surface area contributed by atoms with Gasteiger partial charge in [0, 0.05) is 17.9 Å². The van der Waals surface area contributed by atoms with Crippen LogP contribution in [0.5, 0.6) is 0 Å². The summed E-state index contributed by atoms with van der Waals surface area (Å²) >= 11 is 0.